The second-order valence-electron chi connectivity index (χ2n) is 3.52. The van der Waals surface area contributed by atoms with E-state index in [1.165, 1.54) is 0 Å². The van der Waals surface area contributed by atoms with Crippen LogP contribution in [0.5, 0.6) is 0 Å². The molecular formula is C11H12O5S. The summed E-state index contributed by atoms with van der Waals surface area (Å²) in [6.45, 7) is -0.446. The van der Waals surface area contributed by atoms with E-state index in [-0.39, 0.29) is 5.78 Å². The van der Waals surface area contributed by atoms with Gasteiger partial charge < -0.3 is 4.74 Å². The van der Waals surface area contributed by atoms with E-state index in [9.17, 15) is 18.0 Å². The lowest BCUT2D eigenvalue weighted by molar-refractivity contribution is -0.139. The van der Waals surface area contributed by atoms with Crippen molar-refractivity contribution in [3.8, 4) is 0 Å². The highest BCUT2D eigenvalue weighted by atomic mass is 32.2. The van der Waals surface area contributed by atoms with Crippen LogP contribution >= 0.6 is 0 Å². The van der Waals surface area contributed by atoms with Crippen LogP contribution < -0.4 is 0 Å². The highest BCUT2D eigenvalue weighted by Gasteiger charge is 2.14. The Balaban J connectivity index is 2.47. The van der Waals surface area contributed by atoms with Crippen LogP contribution in [0.25, 0.3) is 0 Å². The zero-order valence-corrected chi connectivity index (χ0v) is 10.1. The van der Waals surface area contributed by atoms with Gasteiger partial charge in [0.25, 0.3) is 0 Å². The number of carbonyl (C=O) groups is 2. The topological polar surface area (TPSA) is 77.5 Å². The summed E-state index contributed by atoms with van der Waals surface area (Å²) < 4.78 is 26.1. The molecule has 0 radical (unpaired) electrons. The Morgan fingerprint density at radius 1 is 1.18 bits per heavy atom. The number of rotatable bonds is 5. The molecule has 0 aliphatic rings. The van der Waals surface area contributed by atoms with Gasteiger partial charge >= 0.3 is 5.97 Å². The number of hydrogen-bond acceptors (Lipinski definition) is 5. The van der Waals surface area contributed by atoms with Crippen LogP contribution in [0, 0.1) is 0 Å². The molecule has 0 heterocycles. The summed E-state index contributed by atoms with van der Waals surface area (Å²) >= 11 is 0. The standard InChI is InChI=1S/C11H12O5S/c1-17(14,15)8-11(13)16-7-10(12)9-5-3-2-4-6-9/h2-6H,7-8H2,1H3. The van der Waals surface area contributed by atoms with E-state index < -0.39 is 28.2 Å². The van der Waals surface area contributed by atoms with Crippen molar-refractivity contribution in [3.63, 3.8) is 0 Å². The molecular weight excluding hydrogens is 244 g/mol. The number of ether oxygens (including phenoxy) is 1. The van der Waals surface area contributed by atoms with Crippen LogP contribution in [-0.4, -0.2) is 38.8 Å². The van der Waals surface area contributed by atoms with Crippen molar-refractivity contribution in [2.24, 2.45) is 0 Å². The summed E-state index contributed by atoms with van der Waals surface area (Å²) in [4.78, 5) is 22.5. The van der Waals surface area contributed by atoms with E-state index in [0.717, 1.165) is 6.26 Å². The molecule has 0 unspecified atom stereocenters. The lowest BCUT2D eigenvalue weighted by atomic mass is 10.1. The smallest absolute Gasteiger partial charge is 0.321 e. The Hall–Kier alpha value is -1.69. The summed E-state index contributed by atoms with van der Waals surface area (Å²) in [5.74, 6) is -2.00. The van der Waals surface area contributed by atoms with Crippen molar-refractivity contribution in [1.82, 2.24) is 0 Å². The summed E-state index contributed by atoms with van der Waals surface area (Å²) in [7, 11) is -3.42. The van der Waals surface area contributed by atoms with Crippen LogP contribution in [0.3, 0.4) is 0 Å². The molecule has 1 aromatic rings. The van der Waals surface area contributed by atoms with E-state index >= 15 is 0 Å². The predicted molar refractivity (Wildman–Crippen MR) is 61.4 cm³/mol. The molecule has 0 saturated heterocycles. The van der Waals surface area contributed by atoms with E-state index in [0.29, 0.717) is 5.56 Å². The van der Waals surface area contributed by atoms with E-state index in [4.69, 9.17) is 0 Å². The minimum atomic E-state index is -3.42. The largest absolute Gasteiger partial charge is 0.457 e. The molecule has 92 valence electrons. The van der Waals surface area contributed by atoms with Gasteiger partial charge in [-0.15, -0.1) is 0 Å². The molecule has 0 N–H and O–H groups in total. The summed E-state index contributed by atoms with van der Waals surface area (Å²) in [6.07, 6.45) is 0.924. The highest BCUT2D eigenvalue weighted by Crippen LogP contribution is 2.00. The van der Waals surface area contributed by atoms with Gasteiger partial charge in [0.15, 0.2) is 22.2 Å². The number of benzene rings is 1. The predicted octanol–water partition coefficient (Wildman–Crippen LogP) is 0.457. The first kappa shape index (κ1) is 13.4. The first-order chi connectivity index (χ1) is 7.88. The van der Waals surface area contributed by atoms with Crippen LogP contribution in [0.4, 0.5) is 0 Å². The van der Waals surface area contributed by atoms with E-state index in [1.54, 1.807) is 30.3 Å². The SMILES string of the molecule is CS(=O)(=O)CC(=O)OCC(=O)c1ccccc1. The van der Waals surface area contributed by atoms with Crippen LogP contribution in [0.15, 0.2) is 30.3 Å². The molecule has 0 aliphatic heterocycles. The fourth-order valence-electron chi connectivity index (χ4n) is 1.11. The zero-order chi connectivity index (χ0) is 12.9. The molecule has 6 heteroatoms. The maximum atomic E-state index is 11.5. The Bertz CT molecular complexity index is 504. The van der Waals surface area contributed by atoms with Crippen molar-refractivity contribution in [3.05, 3.63) is 35.9 Å². The minimum absolute atomic E-state index is 0.368. The van der Waals surface area contributed by atoms with Gasteiger partial charge in [0.05, 0.1) is 0 Å². The molecule has 0 amide bonds. The first-order valence-corrected chi connectivity index (χ1v) is 6.86. The highest BCUT2D eigenvalue weighted by molar-refractivity contribution is 7.91. The third-order valence-electron chi connectivity index (χ3n) is 1.84. The van der Waals surface area contributed by atoms with Crippen LogP contribution in [0.1, 0.15) is 10.4 Å². The Kier molecular flexibility index (Phi) is 4.39. The Morgan fingerprint density at radius 3 is 2.29 bits per heavy atom. The molecule has 0 spiro atoms. The first-order valence-electron chi connectivity index (χ1n) is 4.80. The Morgan fingerprint density at radius 2 is 1.76 bits per heavy atom. The van der Waals surface area contributed by atoms with Crippen LogP contribution in [-0.2, 0) is 19.4 Å². The second-order valence-corrected chi connectivity index (χ2v) is 5.66. The quantitative estimate of drug-likeness (QED) is 0.565. The lowest BCUT2D eigenvalue weighted by Gasteiger charge is -2.03. The van der Waals surface area contributed by atoms with Gasteiger partial charge in [0, 0.05) is 11.8 Å². The van der Waals surface area contributed by atoms with E-state index in [1.807, 2.05) is 0 Å². The normalized spacial score (nSPS) is 10.9. The molecule has 0 fully saturated rings. The number of carbonyl (C=O) groups excluding carboxylic acids is 2. The van der Waals surface area contributed by atoms with Gasteiger partial charge in [0.1, 0.15) is 5.75 Å². The van der Waals surface area contributed by atoms with Crippen molar-refractivity contribution < 1.29 is 22.7 Å². The Labute approximate surface area is 99.3 Å². The number of ketones is 1. The van der Waals surface area contributed by atoms with Crippen molar-refractivity contribution in [2.75, 3.05) is 18.6 Å². The number of Topliss-reactive ketones (excluding diaryl/α,β-unsaturated/α-hetero) is 1. The molecule has 0 aromatic heterocycles. The van der Waals surface area contributed by atoms with Crippen molar-refractivity contribution in [1.29, 1.82) is 0 Å². The molecule has 0 atom stereocenters. The maximum absolute atomic E-state index is 11.5. The summed E-state index contributed by atoms with van der Waals surface area (Å²) in [5.41, 5.74) is 0.416. The average molecular weight is 256 g/mol. The molecule has 0 bridgehead atoms. The third kappa shape index (κ3) is 5.26. The third-order valence-corrected chi connectivity index (χ3v) is 2.60. The summed E-state index contributed by atoms with van der Waals surface area (Å²) in [5, 5.41) is 0. The maximum Gasteiger partial charge on any atom is 0.321 e. The number of sulfone groups is 1. The molecule has 1 rings (SSSR count). The van der Waals surface area contributed by atoms with Gasteiger partial charge in [-0.05, 0) is 0 Å². The van der Waals surface area contributed by atoms with Gasteiger partial charge in [0.2, 0.25) is 0 Å². The van der Waals surface area contributed by atoms with Gasteiger partial charge in [-0.25, -0.2) is 8.42 Å². The molecule has 0 saturated carbocycles. The average Bonchev–Trinajstić information content (AvgIpc) is 2.25. The minimum Gasteiger partial charge on any atom is -0.457 e. The summed E-state index contributed by atoms with van der Waals surface area (Å²) in [6, 6.07) is 8.31. The molecule has 17 heavy (non-hydrogen) atoms. The molecule has 0 aliphatic carbocycles. The fourth-order valence-corrected chi connectivity index (χ4v) is 1.62. The monoisotopic (exact) mass is 256 g/mol. The number of esters is 1. The molecule has 1 aromatic carbocycles. The van der Waals surface area contributed by atoms with Crippen molar-refractivity contribution >= 4 is 21.6 Å². The number of hydrogen-bond donors (Lipinski definition) is 0. The van der Waals surface area contributed by atoms with Gasteiger partial charge in [-0.1, -0.05) is 30.3 Å². The van der Waals surface area contributed by atoms with Gasteiger partial charge in [-0.3, -0.25) is 9.59 Å². The van der Waals surface area contributed by atoms with Crippen molar-refractivity contribution in [2.45, 2.75) is 0 Å². The zero-order valence-electron chi connectivity index (χ0n) is 9.25. The second kappa shape index (κ2) is 5.58. The lowest BCUT2D eigenvalue weighted by Crippen LogP contribution is -2.20. The van der Waals surface area contributed by atoms with Crippen LogP contribution in [0.2, 0.25) is 0 Å². The fraction of sp³-hybridized carbons (Fsp3) is 0.273. The molecule has 5 nitrogen and oxygen atoms in total. The van der Waals surface area contributed by atoms with E-state index in [2.05, 4.69) is 4.74 Å². The van der Waals surface area contributed by atoms with Gasteiger partial charge in [-0.2, -0.15) is 0 Å².